The van der Waals surface area contributed by atoms with Crippen molar-refractivity contribution in [1.82, 2.24) is 10.1 Å². The van der Waals surface area contributed by atoms with E-state index in [0.29, 0.717) is 24.7 Å². The molecule has 1 saturated heterocycles. The van der Waals surface area contributed by atoms with Crippen molar-refractivity contribution >= 4 is 11.6 Å². The summed E-state index contributed by atoms with van der Waals surface area (Å²) in [6, 6.07) is 13.9. The lowest BCUT2D eigenvalue weighted by atomic mass is 10.0. The zero-order chi connectivity index (χ0) is 18.3. The Bertz CT molecular complexity index is 939. The van der Waals surface area contributed by atoms with E-state index in [4.69, 9.17) is 4.52 Å². The van der Waals surface area contributed by atoms with Crippen LogP contribution in [0.15, 0.2) is 47.0 Å². The third kappa shape index (κ3) is 2.90. The first-order chi connectivity index (χ1) is 12.5. The van der Waals surface area contributed by atoms with Crippen molar-refractivity contribution in [1.29, 1.82) is 0 Å². The van der Waals surface area contributed by atoms with Crippen molar-refractivity contribution in [3.63, 3.8) is 0 Å². The maximum atomic E-state index is 12.7. The average molecular weight is 347 g/mol. The molecule has 4 rings (SSSR count). The molecule has 2 aromatic carbocycles. The van der Waals surface area contributed by atoms with Gasteiger partial charge in [-0.3, -0.25) is 4.79 Å². The summed E-state index contributed by atoms with van der Waals surface area (Å²) < 4.78 is 5.48. The molecule has 0 radical (unpaired) electrons. The van der Waals surface area contributed by atoms with Gasteiger partial charge in [0, 0.05) is 24.2 Å². The monoisotopic (exact) mass is 347 g/mol. The fraction of sp³-hybridized carbons (Fsp3) is 0.286. The number of carbonyl (C=O) groups excluding carboxylic acids is 1. The van der Waals surface area contributed by atoms with E-state index in [2.05, 4.69) is 43.0 Å². The van der Waals surface area contributed by atoms with Crippen molar-refractivity contribution in [2.24, 2.45) is 0 Å². The molecule has 1 aromatic heterocycles. The normalized spacial score (nSPS) is 17.1. The first-order valence-electron chi connectivity index (χ1n) is 8.80. The predicted octanol–water partition coefficient (Wildman–Crippen LogP) is 4.18. The summed E-state index contributed by atoms with van der Waals surface area (Å²) in [4.78, 5) is 19.1. The van der Waals surface area contributed by atoms with E-state index in [0.717, 1.165) is 22.4 Å². The predicted molar refractivity (Wildman–Crippen MR) is 100 cm³/mol. The second-order valence-corrected chi connectivity index (χ2v) is 6.97. The molecule has 1 amide bonds. The summed E-state index contributed by atoms with van der Waals surface area (Å²) in [5.74, 6) is 1.12. The van der Waals surface area contributed by atoms with Crippen LogP contribution < -0.4 is 4.90 Å². The number of benzene rings is 2. The molecule has 0 N–H and O–H groups in total. The van der Waals surface area contributed by atoms with Crippen molar-refractivity contribution in [2.75, 3.05) is 11.4 Å². The quantitative estimate of drug-likeness (QED) is 0.713. The molecular weight excluding hydrogens is 326 g/mol. The van der Waals surface area contributed by atoms with Crippen LogP contribution in [0, 0.1) is 20.8 Å². The molecule has 3 aromatic rings. The summed E-state index contributed by atoms with van der Waals surface area (Å²) >= 11 is 0. The molecule has 1 aliphatic rings. The summed E-state index contributed by atoms with van der Waals surface area (Å²) in [6.07, 6.45) is 0.392. The maximum absolute atomic E-state index is 12.7. The fourth-order valence-electron chi connectivity index (χ4n) is 3.79. The number of carbonyl (C=O) groups is 1. The zero-order valence-electron chi connectivity index (χ0n) is 15.2. The summed E-state index contributed by atoms with van der Waals surface area (Å²) in [5, 5.41) is 4.08. The first kappa shape index (κ1) is 16.5. The molecule has 1 unspecified atom stereocenters. The Hall–Kier alpha value is -2.95. The lowest BCUT2D eigenvalue weighted by Gasteiger charge is -2.21. The third-order valence-electron chi connectivity index (χ3n) is 4.85. The number of nitrogens with zero attached hydrogens (tertiary/aromatic N) is 3. The highest BCUT2D eigenvalue weighted by molar-refractivity contribution is 5.97. The van der Waals surface area contributed by atoms with E-state index in [1.807, 2.05) is 35.2 Å². The average Bonchev–Trinajstić information content (AvgIpc) is 3.22. The molecule has 5 nitrogen and oxygen atoms in total. The van der Waals surface area contributed by atoms with Crippen LogP contribution in [0.1, 0.15) is 34.9 Å². The Labute approximate surface area is 152 Å². The summed E-state index contributed by atoms with van der Waals surface area (Å²) in [5.41, 5.74) is 5.36. The van der Waals surface area contributed by atoms with Crippen molar-refractivity contribution in [3.8, 4) is 11.4 Å². The molecule has 1 atom stereocenters. The third-order valence-corrected chi connectivity index (χ3v) is 4.85. The van der Waals surface area contributed by atoms with Gasteiger partial charge in [-0.15, -0.1) is 0 Å². The Morgan fingerprint density at radius 3 is 2.46 bits per heavy atom. The second kappa shape index (κ2) is 6.41. The van der Waals surface area contributed by atoms with Crippen LogP contribution in [0.2, 0.25) is 0 Å². The minimum Gasteiger partial charge on any atom is -0.339 e. The highest BCUT2D eigenvalue weighted by atomic mass is 16.5. The molecular formula is C21H21N3O2. The molecule has 1 fully saturated rings. The summed E-state index contributed by atoms with van der Waals surface area (Å²) in [7, 11) is 0. The SMILES string of the molecule is Cc1cc(C)c(N2CC(c3nc(-c4ccccc4)no3)CC2=O)c(C)c1. The highest BCUT2D eigenvalue weighted by Crippen LogP contribution is 2.35. The Morgan fingerprint density at radius 1 is 1.08 bits per heavy atom. The molecule has 0 spiro atoms. The van der Waals surface area contributed by atoms with E-state index < -0.39 is 0 Å². The van der Waals surface area contributed by atoms with Gasteiger partial charge in [0.1, 0.15) is 0 Å². The molecule has 0 aliphatic carbocycles. The van der Waals surface area contributed by atoms with Crippen LogP contribution in [0.25, 0.3) is 11.4 Å². The number of aromatic nitrogens is 2. The van der Waals surface area contributed by atoms with Gasteiger partial charge in [-0.25, -0.2) is 0 Å². The largest absolute Gasteiger partial charge is 0.339 e. The molecule has 0 bridgehead atoms. The topological polar surface area (TPSA) is 59.2 Å². The molecule has 26 heavy (non-hydrogen) atoms. The smallest absolute Gasteiger partial charge is 0.232 e. The first-order valence-corrected chi connectivity index (χ1v) is 8.80. The van der Waals surface area contributed by atoms with Crippen molar-refractivity contribution < 1.29 is 9.32 Å². The molecule has 0 saturated carbocycles. The molecule has 1 aliphatic heterocycles. The van der Waals surface area contributed by atoms with Gasteiger partial charge in [-0.05, 0) is 31.9 Å². The van der Waals surface area contributed by atoms with Crippen LogP contribution in [0.4, 0.5) is 5.69 Å². The number of amides is 1. The van der Waals surface area contributed by atoms with Gasteiger partial charge in [0.05, 0.1) is 5.92 Å². The van der Waals surface area contributed by atoms with Gasteiger partial charge in [0.2, 0.25) is 17.6 Å². The second-order valence-electron chi connectivity index (χ2n) is 6.97. The number of hydrogen-bond acceptors (Lipinski definition) is 4. The molecule has 132 valence electrons. The molecule has 5 heteroatoms. The Kier molecular flexibility index (Phi) is 4.07. The van der Waals surface area contributed by atoms with Gasteiger partial charge in [0.15, 0.2) is 0 Å². The Morgan fingerprint density at radius 2 is 1.77 bits per heavy atom. The number of aryl methyl sites for hydroxylation is 3. The minimum absolute atomic E-state index is 0.0763. The van der Waals surface area contributed by atoms with E-state index in [1.54, 1.807) is 0 Å². The van der Waals surface area contributed by atoms with E-state index in [-0.39, 0.29) is 11.8 Å². The zero-order valence-corrected chi connectivity index (χ0v) is 15.2. The van der Waals surface area contributed by atoms with Crippen molar-refractivity contribution in [3.05, 3.63) is 65.0 Å². The fourth-order valence-corrected chi connectivity index (χ4v) is 3.79. The van der Waals surface area contributed by atoms with E-state index in [1.165, 1.54) is 5.56 Å². The number of hydrogen-bond donors (Lipinski definition) is 0. The van der Waals surface area contributed by atoms with Crippen LogP contribution in [0.3, 0.4) is 0 Å². The standard InChI is InChI=1S/C21H21N3O2/c1-13-9-14(2)19(15(3)10-13)24-12-17(11-18(24)25)21-22-20(23-26-21)16-7-5-4-6-8-16/h4-10,17H,11-12H2,1-3H3. The van der Waals surface area contributed by atoms with Crippen LogP contribution in [-0.4, -0.2) is 22.6 Å². The van der Waals surface area contributed by atoms with Crippen LogP contribution in [0.5, 0.6) is 0 Å². The minimum atomic E-state index is -0.0763. The van der Waals surface area contributed by atoms with E-state index >= 15 is 0 Å². The van der Waals surface area contributed by atoms with Gasteiger partial charge >= 0.3 is 0 Å². The maximum Gasteiger partial charge on any atom is 0.232 e. The van der Waals surface area contributed by atoms with Gasteiger partial charge < -0.3 is 9.42 Å². The van der Waals surface area contributed by atoms with Crippen LogP contribution >= 0.6 is 0 Å². The highest BCUT2D eigenvalue weighted by Gasteiger charge is 2.36. The lowest BCUT2D eigenvalue weighted by molar-refractivity contribution is -0.117. The molecule has 2 heterocycles. The van der Waals surface area contributed by atoms with Gasteiger partial charge in [-0.1, -0.05) is 53.2 Å². The lowest BCUT2D eigenvalue weighted by Crippen LogP contribution is -2.26. The number of anilines is 1. The van der Waals surface area contributed by atoms with Crippen molar-refractivity contribution in [2.45, 2.75) is 33.1 Å². The Balaban J connectivity index is 1.60. The summed E-state index contributed by atoms with van der Waals surface area (Å²) in [6.45, 7) is 6.74. The van der Waals surface area contributed by atoms with Gasteiger partial charge in [-0.2, -0.15) is 4.98 Å². The number of rotatable bonds is 3. The van der Waals surface area contributed by atoms with Crippen LogP contribution in [-0.2, 0) is 4.79 Å². The van der Waals surface area contributed by atoms with Gasteiger partial charge in [0.25, 0.3) is 0 Å². The van der Waals surface area contributed by atoms with E-state index in [9.17, 15) is 4.79 Å².